The van der Waals surface area contributed by atoms with Crippen molar-refractivity contribution in [3.8, 4) is 0 Å². The van der Waals surface area contributed by atoms with Crippen molar-refractivity contribution in [2.24, 2.45) is 0 Å². The minimum atomic E-state index is -1.52. The Morgan fingerprint density at radius 3 is 2.50 bits per heavy atom. The number of ether oxygens (including phenoxy) is 1. The van der Waals surface area contributed by atoms with E-state index in [1.54, 1.807) is 0 Å². The first-order valence-electron chi connectivity index (χ1n) is 6.41. The van der Waals surface area contributed by atoms with E-state index in [1.807, 2.05) is 30.3 Å². The smallest absolute Gasteiger partial charge is 0.371 e. The van der Waals surface area contributed by atoms with Crippen molar-refractivity contribution in [2.45, 2.75) is 12.4 Å². The lowest BCUT2D eigenvalue weighted by Gasteiger charge is -2.04. The molecule has 0 aliphatic carbocycles. The van der Waals surface area contributed by atoms with Crippen LogP contribution in [-0.2, 0) is 32.7 Å². The van der Waals surface area contributed by atoms with Crippen molar-refractivity contribution in [2.75, 3.05) is 5.75 Å². The summed E-state index contributed by atoms with van der Waals surface area (Å²) in [5, 5.41) is 8.71. The number of furan rings is 1. The van der Waals surface area contributed by atoms with Gasteiger partial charge in [-0.15, -0.1) is 0 Å². The molecular weight excluding hydrogens is 308 g/mol. The highest BCUT2D eigenvalue weighted by atomic mass is 32.2. The Morgan fingerprint density at radius 1 is 1.14 bits per heavy atom. The van der Waals surface area contributed by atoms with E-state index in [2.05, 4.69) is 0 Å². The van der Waals surface area contributed by atoms with Crippen molar-refractivity contribution in [3.05, 3.63) is 59.5 Å². The summed E-state index contributed by atoms with van der Waals surface area (Å²) in [6.45, 7) is 0.126. The van der Waals surface area contributed by atoms with E-state index in [0.717, 1.165) is 5.56 Å². The number of hydrogen-bond acceptors (Lipinski definition) is 5. The summed E-state index contributed by atoms with van der Waals surface area (Å²) < 4.78 is 21.8. The fourth-order valence-electron chi connectivity index (χ4n) is 1.69. The summed E-state index contributed by atoms with van der Waals surface area (Å²) in [7, 11) is -1.52. The number of esters is 1. The van der Waals surface area contributed by atoms with Gasteiger partial charge in [0.05, 0.1) is 5.75 Å². The topological polar surface area (TPSA) is 93.8 Å². The Hall–Kier alpha value is -2.41. The van der Waals surface area contributed by atoms with Crippen LogP contribution in [0.3, 0.4) is 0 Å². The van der Waals surface area contributed by atoms with Crippen molar-refractivity contribution >= 4 is 22.7 Å². The molecule has 0 fully saturated rings. The fraction of sp³-hybridized carbons (Fsp3) is 0.200. The minimum absolute atomic E-state index is 0.0340. The Morgan fingerprint density at radius 2 is 1.86 bits per heavy atom. The van der Waals surface area contributed by atoms with Crippen LogP contribution >= 0.6 is 0 Å². The molecule has 22 heavy (non-hydrogen) atoms. The van der Waals surface area contributed by atoms with Crippen LogP contribution in [-0.4, -0.2) is 27.0 Å². The van der Waals surface area contributed by atoms with Crippen molar-refractivity contribution < 1.29 is 28.1 Å². The maximum atomic E-state index is 11.8. The van der Waals surface area contributed by atoms with Gasteiger partial charge in [-0.05, 0) is 17.7 Å². The molecule has 6 nitrogen and oxygen atoms in total. The number of carboxylic acid groups (broad SMARTS) is 1. The van der Waals surface area contributed by atoms with Crippen LogP contribution in [0.25, 0.3) is 0 Å². The van der Waals surface area contributed by atoms with Gasteiger partial charge in [0.25, 0.3) is 0 Å². The quantitative estimate of drug-likeness (QED) is 0.783. The van der Waals surface area contributed by atoms with Crippen LogP contribution in [0, 0.1) is 0 Å². The zero-order chi connectivity index (χ0) is 15.9. The molecule has 0 radical (unpaired) electrons. The van der Waals surface area contributed by atoms with Gasteiger partial charge in [0.1, 0.15) is 18.1 Å². The predicted octanol–water partition coefficient (Wildman–Crippen LogP) is 1.97. The van der Waals surface area contributed by atoms with Gasteiger partial charge < -0.3 is 14.3 Å². The van der Waals surface area contributed by atoms with E-state index in [1.165, 1.54) is 12.1 Å². The highest BCUT2D eigenvalue weighted by Gasteiger charge is 2.14. The van der Waals surface area contributed by atoms with Crippen LogP contribution in [0.2, 0.25) is 0 Å². The number of carboxylic acids is 1. The van der Waals surface area contributed by atoms with Gasteiger partial charge in [-0.2, -0.15) is 0 Å². The molecular formula is C15H14O6S. The molecule has 1 unspecified atom stereocenters. The molecule has 2 aromatic rings. The molecule has 0 aliphatic heterocycles. The van der Waals surface area contributed by atoms with Crippen LogP contribution in [0.15, 0.2) is 46.9 Å². The molecule has 1 aromatic heterocycles. The van der Waals surface area contributed by atoms with E-state index in [9.17, 15) is 13.8 Å². The first-order chi connectivity index (χ1) is 10.5. The summed E-state index contributed by atoms with van der Waals surface area (Å²) in [6.07, 6.45) is 0. The molecule has 0 aliphatic rings. The highest BCUT2D eigenvalue weighted by Crippen LogP contribution is 2.10. The molecule has 0 bridgehead atoms. The van der Waals surface area contributed by atoms with Gasteiger partial charge in [0.2, 0.25) is 5.76 Å². The fourth-order valence-corrected chi connectivity index (χ4v) is 2.61. The van der Waals surface area contributed by atoms with E-state index in [4.69, 9.17) is 14.3 Å². The van der Waals surface area contributed by atoms with Crippen LogP contribution in [0.1, 0.15) is 21.9 Å². The second kappa shape index (κ2) is 7.56. The predicted molar refractivity (Wildman–Crippen MR) is 78.6 cm³/mol. The molecule has 7 heteroatoms. The van der Waals surface area contributed by atoms with E-state index in [0.29, 0.717) is 0 Å². The second-order valence-corrected chi connectivity index (χ2v) is 5.90. The van der Waals surface area contributed by atoms with Gasteiger partial charge in [-0.3, -0.25) is 9.00 Å². The number of benzene rings is 1. The van der Waals surface area contributed by atoms with Gasteiger partial charge in [-0.1, -0.05) is 30.3 Å². The van der Waals surface area contributed by atoms with Crippen LogP contribution < -0.4 is 0 Å². The lowest BCUT2D eigenvalue weighted by molar-refractivity contribution is -0.141. The van der Waals surface area contributed by atoms with Gasteiger partial charge >= 0.3 is 11.9 Å². The summed E-state index contributed by atoms with van der Waals surface area (Å²) >= 11 is 0. The average Bonchev–Trinajstić information content (AvgIpc) is 2.95. The summed E-state index contributed by atoms with van der Waals surface area (Å²) in [6, 6.07) is 11.9. The summed E-state index contributed by atoms with van der Waals surface area (Å²) in [4.78, 5) is 22.2. The maximum Gasteiger partial charge on any atom is 0.371 e. The van der Waals surface area contributed by atoms with E-state index in [-0.39, 0.29) is 29.6 Å². The largest absolute Gasteiger partial charge is 0.475 e. The number of aromatic carboxylic acids is 1. The average molecular weight is 322 g/mol. The zero-order valence-corrected chi connectivity index (χ0v) is 12.4. The molecule has 1 atom stereocenters. The Balaban J connectivity index is 1.78. The minimum Gasteiger partial charge on any atom is -0.475 e. The van der Waals surface area contributed by atoms with Crippen molar-refractivity contribution in [1.29, 1.82) is 0 Å². The Labute approximate surface area is 129 Å². The van der Waals surface area contributed by atoms with Crippen molar-refractivity contribution in [3.63, 3.8) is 0 Å². The SMILES string of the molecule is O=C(CS(=O)Cc1ccc(C(=O)O)o1)OCc1ccccc1. The number of rotatable bonds is 7. The number of carbonyl (C=O) groups excluding carboxylic acids is 1. The van der Waals surface area contributed by atoms with Gasteiger partial charge in [0.15, 0.2) is 0 Å². The van der Waals surface area contributed by atoms with Crippen LogP contribution in [0.4, 0.5) is 0 Å². The molecule has 0 spiro atoms. The highest BCUT2D eigenvalue weighted by molar-refractivity contribution is 7.84. The van der Waals surface area contributed by atoms with Gasteiger partial charge in [0, 0.05) is 10.8 Å². The van der Waals surface area contributed by atoms with Crippen molar-refractivity contribution in [1.82, 2.24) is 0 Å². The first-order valence-corrected chi connectivity index (χ1v) is 7.90. The zero-order valence-electron chi connectivity index (χ0n) is 11.6. The third-order valence-corrected chi connectivity index (χ3v) is 3.86. The third kappa shape index (κ3) is 4.85. The van der Waals surface area contributed by atoms with E-state index < -0.39 is 22.7 Å². The third-order valence-electron chi connectivity index (χ3n) is 2.70. The van der Waals surface area contributed by atoms with Crippen LogP contribution in [0.5, 0.6) is 0 Å². The standard InChI is InChI=1S/C15H14O6S/c16-14(20-8-11-4-2-1-3-5-11)10-22(19)9-12-6-7-13(21-12)15(17)18/h1-7H,8-10H2,(H,17,18). The Kier molecular flexibility index (Phi) is 5.48. The lowest BCUT2D eigenvalue weighted by Crippen LogP contribution is -2.15. The summed E-state index contributed by atoms with van der Waals surface area (Å²) in [5.41, 5.74) is 0.846. The molecule has 1 heterocycles. The normalized spacial score (nSPS) is 11.8. The molecule has 1 aromatic carbocycles. The summed E-state index contributed by atoms with van der Waals surface area (Å²) in [5.74, 6) is -2.04. The second-order valence-electron chi connectivity index (χ2n) is 4.45. The number of carbonyl (C=O) groups is 2. The molecule has 1 N–H and O–H groups in total. The molecule has 0 saturated carbocycles. The monoisotopic (exact) mass is 322 g/mol. The molecule has 2 rings (SSSR count). The Bertz CT molecular complexity index is 676. The molecule has 0 saturated heterocycles. The number of hydrogen-bond donors (Lipinski definition) is 1. The first kappa shape index (κ1) is 16.0. The maximum absolute atomic E-state index is 11.8. The van der Waals surface area contributed by atoms with Gasteiger partial charge in [-0.25, -0.2) is 4.79 Å². The van der Waals surface area contributed by atoms with E-state index >= 15 is 0 Å². The lowest BCUT2D eigenvalue weighted by atomic mass is 10.2. The molecule has 116 valence electrons. The molecule has 0 amide bonds.